The van der Waals surface area contributed by atoms with Crippen molar-refractivity contribution in [3.8, 4) is 5.75 Å². The van der Waals surface area contributed by atoms with E-state index in [0.717, 1.165) is 0 Å². The lowest BCUT2D eigenvalue weighted by Crippen LogP contribution is -2.47. The molecular weight excluding hydrogens is 404 g/mol. The summed E-state index contributed by atoms with van der Waals surface area (Å²) in [6, 6.07) is 12.3. The first-order valence-corrected chi connectivity index (χ1v) is 10.2. The number of carbonyl (C=O) groups excluding carboxylic acids is 3. The molecule has 2 amide bonds. The van der Waals surface area contributed by atoms with Gasteiger partial charge in [-0.25, -0.2) is 9.59 Å². The van der Waals surface area contributed by atoms with Crippen LogP contribution in [0.2, 0.25) is 0 Å². The highest BCUT2D eigenvalue weighted by Gasteiger charge is 2.25. The molecule has 2 aromatic rings. The molecule has 1 aliphatic heterocycles. The molecule has 1 saturated heterocycles. The number of piperidine rings is 1. The number of nitrogens with one attached hydrogen (secondary N) is 1. The Kier molecular flexibility index (Phi) is 7.91. The van der Waals surface area contributed by atoms with E-state index in [9.17, 15) is 14.4 Å². The van der Waals surface area contributed by atoms with E-state index < -0.39 is 18.5 Å². The van der Waals surface area contributed by atoms with Gasteiger partial charge < -0.3 is 28.8 Å². The van der Waals surface area contributed by atoms with Gasteiger partial charge in [-0.1, -0.05) is 18.2 Å². The summed E-state index contributed by atoms with van der Waals surface area (Å²) in [5, 5.41) is 2.82. The first-order valence-electron chi connectivity index (χ1n) is 10.2. The van der Waals surface area contributed by atoms with E-state index in [2.05, 4.69) is 5.32 Å². The lowest BCUT2D eigenvalue weighted by molar-refractivity contribution is -0.125. The van der Waals surface area contributed by atoms with Crippen molar-refractivity contribution in [3.63, 3.8) is 0 Å². The Hall–Kier alpha value is -3.49. The second-order valence-electron chi connectivity index (χ2n) is 6.97. The molecule has 9 heteroatoms. The molecule has 166 valence electrons. The molecule has 2 heterocycles. The molecule has 1 aromatic heterocycles. The molecule has 1 aliphatic rings. The highest BCUT2D eigenvalue weighted by molar-refractivity contribution is 5.88. The van der Waals surface area contributed by atoms with E-state index in [1.165, 1.54) is 6.07 Å². The largest absolute Gasteiger partial charge is 0.486 e. The monoisotopic (exact) mass is 430 g/mol. The third kappa shape index (κ3) is 6.77. The summed E-state index contributed by atoms with van der Waals surface area (Å²) in [4.78, 5) is 37.5. The minimum absolute atomic E-state index is 0.00204. The molecule has 0 unspecified atom stereocenters. The number of furan rings is 1. The van der Waals surface area contributed by atoms with Crippen molar-refractivity contribution in [1.29, 1.82) is 0 Å². The minimum atomic E-state index is -0.724. The Morgan fingerprint density at radius 2 is 1.81 bits per heavy atom. The number of para-hydroxylation sites is 1. The fraction of sp³-hybridized carbons (Fsp3) is 0.409. The minimum Gasteiger partial charge on any atom is -0.486 e. The van der Waals surface area contributed by atoms with Gasteiger partial charge in [0.05, 0.1) is 6.61 Å². The highest BCUT2D eigenvalue weighted by Crippen LogP contribution is 2.15. The van der Waals surface area contributed by atoms with Gasteiger partial charge >= 0.3 is 12.1 Å². The number of benzene rings is 1. The van der Waals surface area contributed by atoms with Gasteiger partial charge in [-0.05, 0) is 44.0 Å². The molecule has 0 spiro atoms. The summed E-state index contributed by atoms with van der Waals surface area (Å²) in [6.45, 7) is 2.86. The maximum Gasteiger partial charge on any atom is 0.409 e. The first-order chi connectivity index (χ1) is 15.0. The van der Waals surface area contributed by atoms with E-state index in [1.54, 1.807) is 17.9 Å². The molecule has 1 fully saturated rings. The van der Waals surface area contributed by atoms with Crippen LogP contribution in [0.15, 0.2) is 46.9 Å². The summed E-state index contributed by atoms with van der Waals surface area (Å²) in [5.74, 6) is 0.0315. The quantitative estimate of drug-likeness (QED) is 0.642. The number of hydrogen-bond acceptors (Lipinski definition) is 7. The van der Waals surface area contributed by atoms with Crippen LogP contribution in [0.4, 0.5) is 4.79 Å². The van der Waals surface area contributed by atoms with Crippen molar-refractivity contribution in [2.45, 2.75) is 32.4 Å². The molecule has 0 atom stereocenters. The topological polar surface area (TPSA) is 107 Å². The van der Waals surface area contributed by atoms with Crippen LogP contribution in [0.5, 0.6) is 5.75 Å². The number of esters is 1. The van der Waals surface area contributed by atoms with Crippen LogP contribution in [0.25, 0.3) is 0 Å². The molecule has 3 rings (SSSR count). The number of hydrogen-bond donors (Lipinski definition) is 1. The van der Waals surface area contributed by atoms with Gasteiger partial charge in [0.2, 0.25) is 5.76 Å². The van der Waals surface area contributed by atoms with Gasteiger partial charge in [-0.15, -0.1) is 0 Å². The average Bonchev–Trinajstić information content (AvgIpc) is 3.27. The molecule has 0 aliphatic carbocycles. The lowest BCUT2D eigenvalue weighted by Gasteiger charge is -2.31. The number of amides is 2. The van der Waals surface area contributed by atoms with E-state index in [1.807, 2.05) is 30.3 Å². The number of nitrogens with zero attached hydrogens (tertiary/aromatic N) is 1. The standard InChI is InChI=1S/C22H26N2O7/c1-2-28-22(27)24-12-10-16(11-13-24)23-20(25)15-30-21(26)19-9-8-18(31-19)14-29-17-6-4-3-5-7-17/h3-9,16H,2,10-15H2,1H3,(H,23,25). The third-order valence-corrected chi connectivity index (χ3v) is 4.71. The van der Waals surface area contributed by atoms with Crippen LogP contribution in [-0.2, 0) is 20.9 Å². The summed E-state index contributed by atoms with van der Waals surface area (Å²) in [5.41, 5.74) is 0. The fourth-order valence-corrected chi connectivity index (χ4v) is 3.13. The Labute approximate surface area is 180 Å². The van der Waals surface area contributed by atoms with Gasteiger partial charge in [0.15, 0.2) is 6.61 Å². The van der Waals surface area contributed by atoms with Crippen LogP contribution in [0.3, 0.4) is 0 Å². The number of rotatable bonds is 8. The average molecular weight is 430 g/mol. The van der Waals surface area contributed by atoms with Crippen molar-refractivity contribution in [2.24, 2.45) is 0 Å². The lowest BCUT2D eigenvalue weighted by atomic mass is 10.1. The molecular formula is C22H26N2O7. The molecule has 9 nitrogen and oxygen atoms in total. The Balaban J connectivity index is 1.36. The predicted molar refractivity (Wildman–Crippen MR) is 110 cm³/mol. The Morgan fingerprint density at radius 1 is 1.06 bits per heavy atom. The number of carbonyl (C=O) groups is 3. The summed E-state index contributed by atoms with van der Waals surface area (Å²) in [6.07, 6.45) is 0.885. The van der Waals surface area contributed by atoms with E-state index in [0.29, 0.717) is 44.0 Å². The molecule has 31 heavy (non-hydrogen) atoms. The number of likely N-dealkylation sites (tertiary alicyclic amines) is 1. The molecule has 0 bridgehead atoms. The zero-order chi connectivity index (χ0) is 22.1. The molecule has 0 radical (unpaired) electrons. The summed E-state index contributed by atoms with van der Waals surface area (Å²) < 4.78 is 21.0. The third-order valence-electron chi connectivity index (χ3n) is 4.71. The zero-order valence-corrected chi connectivity index (χ0v) is 17.4. The SMILES string of the molecule is CCOC(=O)N1CCC(NC(=O)COC(=O)c2ccc(COc3ccccc3)o2)CC1. The van der Waals surface area contributed by atoms with Gasteiger partial charge in [-0.3, -0.25) is 4.79 Å². The van der Waals surface area contributed by atoms with Crippen molar-refractivity contribution in [3.05, 3.63) is 54.0 Å². The predicted octanol–water partition coefficient (Wildman–Crippen LogP) is 2.75. The van der Waals surface area contributed by atoms with Crippen molar-refractivity contribution < 1.29 is 33.0 Å². The Morgan fingerprint density at radius 3 is 2.52 bits per heavy atom. The van der Waals surface area contributed by atoms with E-state index in [-0.39, 0.29) is 24.5 Å². The van der Waals surface area contributed by atoms with E-state index >= 15 is 0 Å². The van der Waals surface area contributed by atoms with Crippen LogP contribution in [-0.4, -0.2) is 55.2 Å². The molecule has 1 N–H and O–H groups in total. The smallest absolute Gasteiger partial charge is 0.409 e. The van der Waals surface area contributed by atoms with Gasteiger partial charge in [0.1, 0.15) is 18.1 Å². The van der Waals surface area contributed by atoms with Crippen LogP contribution < -0.4 is 10.1 Å². The second kappa shape index (κ2) is 11.1. The first kappa shape index (κ1) is 22.2. The van der Waals surface area contributed by atoms with Gasteiger partial charge in [0.25, 0.3) is 5.91 Å². The van der Waals surface area contributed by atoms with Crippen LogP contribution >= 0.6 is 0 Å². The molecule has 0 saturated carbocycles. The second-order valence-corrected chi connectivity index (χ2v) is 6.97. The fourth-order valence-electron chi connectivity index (χ4n) is 3.13. The number of ether oxygens (including phenoxy) is 3. The highest BCUT2D eigenvalue weighted by atomic mass is 16.6. The van der Waals surface area contributed by atoms with Gasteiger partial charge in [0, 0.05) is 19.1 Å². The normalized spacial score (nSPS) is 14.0. The van der Waals surface area contributed by atoms with Crippen molar-refractivity contribution >= 4 is 18.0 Å². The molecule has 1 aromatic carbocycles. The van der Waals surface area contributed by atoms with Crippen molar-refractivity contribution in [2.75, 3.05) is 26.3 Å². The van der Waals surface area contributed by atoms with Crippen LogP contribution in [0.1, 0.15) is 36.1 Å². The summed E-state index contributed by atoms with van der Waals surface area (Å²) in [7, 11) is 0. The maximum atomic E-state index is 12.1. The maximum absolute atomic E-state index is 12.1. The van der Waals surface area contributed by atoms with E-state index in [4.69, 9.17) is 18.6 Å². The summed E-state index contributed by atoms with van der Waals surface area (Å²) >= 11 is 0. The van der Waals surface area contributed by atoms with Gasteiger partial charge in [-0.2, -0.15) is 0 Å². The van der Waals surface area contributed by atoms with Crippen LogP contribution in [0, 0.1) is 0 Å². The van der Waals surface area contributed by atoms with Crippen molar-refractivity contribution in [1.82, 2.24) is 10.2 Å². The Bertz CT molecular complexity index is 873. The zero-order valence-electron chi connectivity index (χ0n) is 17.4.